The fraction of sp³-hybridized carbons (Fsp3) is 0.273. The maximum Gasteiger partial charge on any atom is 0.133 e. The molecule has 16 heavy (non-hydrogen) atoms. The lowest BCUT2D eigenvalue weighted by molar-refractivity contribution is 0.391. The first-order valence-corrected chi connectivity index (χ1v) is 5.08. The molecule has 0 spiro atoms. The fourth-order valence-corrected chi connectivity index (χ4v) is 1.37. The summed E-state index contributed by atoms with van der Waals surface area (Å²) in [6.07, 6.45) is 1.75. The molecule has 2 N–H and O–H groups in total. The lowest BCUT2D eigenvalue weighted by atomic mass is 10.3. The number of nitrogens with one attached hydrogen (secondary N) is 2. The number of aryl methyl sites for hydroxylation is 1. The highest BCUT2D eigenvalue weighted by Gasteiger charge is 2.00. The van der Waals surface area contributed by atoms with Crippen molar-refractivity contribution in [3.63, 3.8) is 0 Å². The quantitative estimate of drug-likeness (QED) is 0.822. The van der Waals surface area contributed by atoms with Crippen molar-refractivity contribution in [1.82, 2.24) is 10.1 Å². The van der Waals surface area contributed by atoms with Gasteiger partial charge in [-0.05, 0) is 13.0 Å². The van der Waals surface area contributed by atoms with Gasteiger partial charge in [-0.1, -0.05) is 5.16 Å². The van der Waals surface area contributed by atoms with E-state index in [2.05, 4.69) is 20.8 Å². The van der Waals surface area contributed by atoms with Crippen LogP contribution in [0.15, 0.2) is 28.9 Å². The van der Waals surface area contributed by atoms with Crippen molar-refractivity contribution in [2.24, 2.45) is 0 Å². The lowest BCUT2D eigenvalue weighted by Crippen LogP contribution is -2.00. The molecule has 0 aromatic carbocycles. The Hall–Kier alpha value is -2.04. The zero-order valence-electron chi connectivity index (χ0n) is 9.32. The zero-order chi connectivity index (χ0) is 11.4. The average molecular weight is 218 g/mol. The number of hydrogen-bond acceptors (Lipinski definition) is 5. The minimum Gasteiger partial charge on any atom is -0.379 e. The van der Waals surface area contributed by atoms with Crippen LogP contribution < -0.4 is 10.6 Å². The molecule has 0 aliphatic heterocycles. The number of aromatic nitrogens is 2. The topological polar surface area (TPSA) is 63.0 Å². The summed E-state index contributed by atoms with van der Waals surface area (Å²) >= 11 is 0. The first-order chi connectivity index (χ1) is 7.78. The second-order valence-electron chi connectivity index (χ2n) is 3.46. The second-order valence-corrected chi connectivity index (χ2v) is 3.46. The number of anilines is 2. The van der Waals surface area contributed by atoms with Crippen molar-refractivity contribution < 1.29 is 4.52 Å². The van der Waals surface area contributed by atoms with Gasteiger partial charge in [0.1, 0.15) is 17.3 Å². The molecule has 5 nitrogen and oxygen atoms in total. The smallest absolute Gasteiger partial charge is 0.133 e. The number of hydrogen-bond donors (Lipinski definition) is 2. The van der Waals surface area contributed by atoms with Crippen LogP contribution in [0, 0.1) is 6.92 Å². The van der Waals surface area contributed by atoms with Gasteiger partial charge in [-0.2, -0.15) is 0 Å². The molecule has 84 valence electrons. The SMILES string of the molecule is CNc1cc(NCc2cc(C)on2)ccn1. The van der Waals surface area contributed by atoms with E-state index in [1.165, 1.54) is 0 Å². The molecular formula is C11H14N4O. The van der Waals surface area contributed by atoms with Crippen LogP contribution in [-0.4, -0.2) is 17.2 Å². The third-order valence-corrected chi connectivity index (χ3v) is 2.17. The summed E-state index contributed by atoms with van der Waals surface area (Å²) in [5.41, 5.74) is 1.89. The van der Waals surface area contributed by atoms with Crippen LogP contribution in [-0.2, 0) is 6.54 Å². The molecule has 0 saturated heterocycles. The van der Waals surface area contributed by atoms with Crippen LogP contribution in [0.4, 0.5) is 11.5 Å². The molecule has 5 heteroatoms. The lowest BCUT2D eigenvalue weighted by Gasteiger charge is -2.05. The molecule has 2 heterocycles. The largest absolute Gasteiger partial charge is 0.379 e. The van der Waals surface area contributed by atoms with E-state index in [1.54, 1.807) is 6.20 Å². The van der Waals surface area contributed by atoms with Gasteiger partial charge < -0.3 is 15.2 Å². The minimum atomic E-state index is 0.643. The summed E-state index contributed by atoms with van der Waals surface area (Å²) in [5, 5.41) is 10.1. The summed E-state index contributed by atoms with van der Waals surface area (Å²) in [6.45, 7) is 2.52. The Morgan fingerprint density at radius 2 is 2.25 bits per heavy atom. The predicted octanol–water partition coefficient (Wildman–Crippen LogP) is 2.03. The molecule has 0 amide bonds. The van der Waals surface area contributed by atoms with Crippen LogP contribution in [0.25, 0.3) is 0 Å². The maximum atomic E-state index is 4.98. The first kappa shape index (κ1) is 10.5. The highest BCUT2D eigenvalue weighted by atomic mass is 16.5. The highest BCUT2D eigenvalue weighted by Crippen LogP contribution is 2.12. The van der Waals surface area contributed by atoms with Gasteiger partial charge in [0.25, 0.3) is 0 Å². The van der Waals surface area contributed by atoms with E-state index in [4.69, 9.17) is 4.52 Å². The third kappa shape index (κ3) is 2.50. The Morgan fingerprint density at radius 1 is 1.38 bits per heavy atom. The van der Waals surface area contributed by atoms with Crippen LogP contribution in [0.1, 0.15) is 11.5 Å². The van der Waals surface area contributed by atoms with Gasteiger partial charge in [-0.25, -0.2) is 4.98 Å². The highest BCUT2D eigenvalue weighted by molar-refractivity contribution is 5.51. The van der Waals surface area contributed by atoms with E-state index in [1.807, 2.05) is 32.2 Å². The Kier molecular flexibility index (Phi) is 3.05. The molecule has 0 saturated carbocycles. The molecule has 0 aliphatic carbocycles. The molecular weight excluding hydrogens is 204 g/mol. The molecule has 0 fully saturated rings. The molecule has 0 unspecified atom stereocenters. The van der Waals surface area contributed by atoms with E-state index in [0.717, 1.165) is 23.0 Å². The minimum absolute atomic E-state index is 0.643. The fourth-order valence-electron chi connectivity index (χ4n) is 1.37. The molecule has 0 aliphatic rings. The van der Waals surface area contributed by atoms with E-state index in [9.17, 15) is 0 Å². The van der Waals surface area contributed by atoms with Gasteiger partial charge in [0, 0.05) is 31.1 Å². The van der Waals surface area contributed by atoms with Gasteiger partial charge in [0.15, 0.2) is 0 Å². The number of pyridine rings is 1. The van der Waals surface area contributed by atoms with E-state index in [0.29, 0.717) is 6.54 Å². The van der Waals surface area contributed by atoms with Gasteiger partial charge in [-0.3, -0.25) is 0 Å². The van der Waals surface area contributed by atoms with E-state index >= 15 is 0 Å². The van der Waals surface area contributed by atoms with E-state index < -0.39 is 0 Å². The van der Waals surface area contributed by atoms with Crippen molar-refractivity contribution in [2.75, 3.05) is 17.7 Å². The monoisotopic (exact) mass is 218 g/mol. The standard InChI is InChI=1S/C11H14N4O/c1-8-5-10(15-16-8)7-14-9-3-4-13-11(6-9)12-2/h3-6H,7H2,1-2H3,(H2,12,13,14). The summed E-state index contributed by atoms with van der Waals surface area (Å²) < 4.78 is 4.98. The van der Waals surface area contributed by atoms with Crippen molar-refractivity contribution >= 4 is 11.5 Å². The Balaban J connectivity index is 1.99. The summed E-state index contributed by atoms with van der Waals surface area (Å²) in [7, 11) is 1.84. The molecule has 2 rings (SSSR count). The third-order valence-electron chi connectivity index (χ3n) is 2.17. The Labute approximate surface area is 93.9 Å². The van der Waals surface area contributed by atoms with Gasteiger partial charge in [-0.15, -0.1) is 0 Å². The molecule has 0 bridgehead atoms. The summed E-state index contributed by atoms with van der Waals surface area (Å²) in [6, 6.07) is 5.76. The van der Waals surface area contributed by atoms with Gasteiger partial charge in [0.2, 0.25) is 0 Å². The molecule has 2 aromatic rings. The molecule has 0 atom stereocenters. The van der Waals surface area contributed by atoms with Gasteiger partial charge >= 0.3 is 0 Å². The van der Waals surface area contributed by atoms with Crippen LogP contribution in [0.5, 0.6) is 0 Å². The molecule has 0 radical (unpaired) electrons. The number of rotatable bonds is 4. The Bertz CT molecular complexity index is 467. The van der Waals surface area contributed by atoms with Gasteiger partial charge in [0.05, 0.1) is 6.54 Å². The van der Waals surface area contributed by atoms with Crippen molar-refractivity contribution in [3.05, 3.63) is 35.9 Å². The normalized spacial score (nSPS) is 10.1. The molecule has 2 aromatic heterocycles. The Morgan fingerprint density at radius 3 is 2.94 bits per heavy atom. The van der Waals surface area contributed by atoms with Crippen molar-refractivity contribution in [3.8, 4) is 0 Å². The predicted molar refractivity (Wildman–Crippen MR) is 62.4 cm³/mol. The number of nitrogens with zero attached hydrogens (tertiary/aromatic N) is 2. The van der Waals surface area contributed by atoms with Crippen LogP contribution >= 0.6 is 0 Å². The van der Waals surface area contributed by atoms with Crippen LogP contribution in [0.3, 0.4) is 0 Å². The van der Waals surface area contributed by atoms with E-state index in [-0.39, 0.29) is 0 Å². The van der Waals surface area contributed by atoms with Crippen molar-refractivity contribution in [2.45, 2.75) is 13.5 Å². The second kappa shape index (κ2) is 4.65. The summed E-state index contributed by atoms with van der Waals surface area (Å²) in [5.74, 6) is 1.66. The zero-order valence-corrected chi connectivity index (χ0v) is 9.32. The summed E-state index contributed by atoms with van der Waals surface area (Å²) in [4.78, 5) is 4.13. The average Bonchev–Trinajstić information content (AvgIpc) is 2.73. The van der Waals surface area contributed by atoms with Crippen LogP contribution in [0.2, 0.25) is 0 Å². The maximum absolute atomic E-state index is 4.98. The van der Waals surface area contributed by atoms with Crippen molar-refractivity contribution in [1.29, 1.82) is 0 Å². The first-order valence-electron chi connectivity index (χ1n) is 5.08.